The number of fused-ring (bicyclic) bond motifs is 1. The first kappa shape index (κ1) is 23.9. The number of aromatic nitrogens is 5. The molecule has 0 atom stereocenters. The molecule has 1 saturated heterocycles. The second-order valence-electron chi connectivity index (χ2n) is 9.95. The first-order valence-electron chi connectivity index (χ1n) is 13.3. The summed E-state index contributed by atoms with van der Waals surface area (Å²) in [5.41, 5.74) is 2.76. The maximum atomic E-state index is 9.51. The molecule has 9 heteroatoms. The topological polar surface area (TPSA) is 104 Å². The molecule has 3 aromatic rings. The molecule has 0 amide bonds. The molecule has 3 N–H and O–H groups in total. The van der Waals surface area contributed by atoms with Crippen LogP contribution < -0.4 is 15.5 Å². The first-order valence-corrected chi connectivity index (χ1v) is 13.3. The van der Waals surface area contributed by atoms with Gasteiger partial charge in [0.2, 0.25) is 5.95 Å². The molecule has 0 unspecified atom stereocenters. The predicted molar refractivity (Wildman–Crippen MR) is 140 cm³/mol. The van der Waals surface area contributed by atoms with Crippen LogP contribution in [0.5, 0.6) is 0 Å². The quantitative estimate of drug-likeness (QED) is 0.403. The molecular weight excluding hydrogens is 440 g/mol. The van der Waals surface area contributed by atoms with Gasteiger partial charge in [0.05, 0.1) is 5.39 Å². The SMILES string of the molecule is CCCCNc1ncc2c(-c3ccc(N4CCNCC4)nc3)nn(CC3CCC(CO)CC3)c2n1. The summed E-state index contributed by atoms with van der Waals surface area (Å²) in [5.74, 6) is 2.68. The summed E-state index contributed by atoms with van der Waals surface area (Å²) in [5, 5.41) is 22.3. The molecule has 0 spiro atoms. The van der Waals surface area contributed by atoms with Crippen molar-refractivity contribution in [3.8, 4) is 11.3 Å². The fourth-order valence-corrected chi connectivity index (χ4v) is 5.21. The number of aliphatic hydroxyl groups excluding tert-OH is 1. The van der Waals surface area contributed by atoms with Gasteiger partial charge in [-0.3, -0.25) is 0 Å². The smallest absolute Gasteiger partial charge is 0.224 e. The molecule has 2 fully saturated rings. The molecule has 1 aliphatic carbocycles. The maximum Gasteiger partial charge on any atom is 0.224 e. The van der Waals surface area contributed by atoms with E-state index in [9.17, 15) is 5.11 Å². The fourth-order valence-electron chi connectivity index (χ4n) is 5.21. The Morgan fingerprint density at radius 1 is 1.06 bits per heavy atom. The van der Waals surface area contributed by atoms with Gasteiger partial charge in [0.25, 0.3) is 0 Å². The van der Waals surface area contributed by atoms with E-state index in [1.54, 1.807) is 0 Å². The van der Waals surface area contributed by atoms with Crippen LogP contribution in [0.1, 0.15) is 45.4 Å². The highest BCUT2D eigenvalue weighted by Gasteiger charge is 2.24. The number of hydrogen-bond donors (Lipinski definition) is 3. The maximum absolute atomic E-state index is 9.51. The molecule has 0 aromatic carbocycles. The zero-order valence-electron chi connectivity index (χ0n) is 20.8. The number of piperazine rings is 1. The van der Waals surface area contributed by atoms with Crippen LogP contribution in [0.2, 0.25) is 0 Å². The van der Waals surface area contributed by atoms with E-state index < -0.39 is 0 Å². The van der Waals surface area contributed by atoms with E-state index in [1.165, 1.54) is 0 Å². The van der Waals surface area contributed by atoms with E-state index in [1.807, 2.05) is 12.4 Å². The van der Waals surface area contributed by atoms with Crippen LogP contribution in [0.15, 0.2) is 24.5 Å². The standard InChI is InChI=1S/C26H38N8O/c1-2-3-10-28-26-30-16-22-24(21-8-9-23(29-15-21)33-13-11-27-12-14-33)32-34(25(22)31-26)17-19-4-6-20(18-35)7-5-19/h8-9,15-16,19-20,27,35H,2-7,10-14,17-18H2,1H3,(H,28,30,31). The summed E-state index contributed by atoms with van der Waals surface area (Å²) >= 11 is 0. The van der Waals surface area contributed by atoms with Gasteiger partial charge < -0.3 is 20.6 Å². The Hall–Kier alpha value is -2.78. The molecule has 1 aliphatic heterocycles. The first-order chi connectivity index (χ1) is 17.2. The van der Waals surface area contributed by atoms with Crippen LogP contribution in [0.3, 0.4) is 0 Å². The third-order valence-corrected chi connectivity index (χ3v) is 7.42. The molecule has 35 heavy (non-hydrogen) atoms. The van der Waals surface area contributed by atoms with Crippen molar-refractivity contribution in [2.24, 2.45) is 11.8 Å². The average Bonchev–Trinajstić information content (AvgIpc) is 3.27. The van der Waals surface area contributed by atoms with Crippen LogP contribution >= 0.6 is 0 Å². The van der Waals surface area contributed by atoms with Crippen molar-refractivity contribution in [1.29, 1.82) is 0 Å². The lowest BCUT2D eigenvalue weighted by molar-refractivity contribution is 0.160. The van der Waals surface area contributed by atoms with Gasteiger partial charge in [-0.25, -0.2) is 14.6 Å². The van der Waals surface area contributed by atoms with Crippen molar-refractivity contribution in [3.05, 3.63) is 24.5 Å². The number of pyridine rings is 1. The third-order valence-electron chi connectivity index (χ3n) is 7.42. The van der Waals surface area contributed by atoms with Crippen molar-refractivity contribution in [3.63, 3.8) is 0 Å². The predicted octanol–water partition coefficient (Wildman–Crippen LogP) is 3.31. The molecule has 5 rings (SSSR count). The summed E-state index contributed by atoms with van der Waals surface area (Å²) in [4.78, 5) is 16.6. The summed E-state index contributed by atoms with van der Waals surface area (Å²) in [6.45, 7) is 8.13. The van der Waals surface area contributed by atoms with Crippen molar-refractivity contribution in [2.45, 2.75) is 52.0 Å². The van der Waals surface area contributed by atoms with Gasteiger partial charge >= 0.3 is 0 Å². The van der Waals surface area contributed by atoms with Crippen LogP contribution in [0, 0.1) is 11.8 Å². The minimum atomic E-state index is 0.304. The Morgan fingerprint density at radius 3 is 2.57 bits per heavy atom. The van der Waals surface area contributed by atoms with Crippen molar-refractivity contribution < 1.29 is 5.11 Å². The van der Waals surface area contributed by atoms with Gasteiger partial charge in [-0.1, -0.05) is 13.3 Å². The van der Waals surface area contributed by atoms with Crippen LogP contribution in [0.4, 0.5) is 11.8 Å². The van der Waals surface area contributed by atoms with Crippen LogP contribution in [-0.4, -0.2) is 69.2 Å². The zero-order valence-corrected chi connectivity index (χ0v) is 20.8. The highest BCUT2D eigenvalue weighted by atomic mass is 16.3. The number of unbranched alkanes of at least 4 members (excludes halogenated alkanes) is 1. The van der Waals surface area contributed by atoms with E-state index in [2.05, 4.69) is 44.3 Å². The molecule has 2 aliphatic rings. The van der Waals surface area contributed by atoms with Crippen molar-refractivity contribution in [2.75, 3.05) is 49.5 Å². The number of aliphatic hydroxyl groups is 1. The average molecular weight is 479 g/mol. The lowest BCUT2D eigenvalue weighted by Gasteiger charge is -2.28. The van der Waals surface area contributed by atoms with Crippen molar-refractivity contribution in [1.82, 2.24) is 30.0 Å². The van der Waals surface area contributed by atoms with E-state index in [0.717, 1.165) is 106 Å². The lowest BCUT2D eigenvalue weighted by atomic mass is 9.82. The minimum absolute atomic E-state index is 0.304. The number of nitrogens with one attached hydrogen (secondary N) is 2. The highest BCUT2D eigenvalue weighted by Crippen LogP contribution is 2.32. The molecular formula is C26H38N8O. The summed E-state index contributed by atoms with van der Waals surface area (Å²) in [6, 6.07) is 4.22. The van der Waals surface area contributed by atoms with Gasteiger partial charge in [0.15, 0.2) is 5.65 Å². The molecule has 9 nitrogen and oxygen atoms in total. The van der Waals surface area contributed by atoms with E-state index in [0.29, 0.717) is 24.4 Å². The van der Waals surface area contributed by atoms with E-state index in [-0.39, 0.29) is 0 Å². The zero-order chi connectivity index (χ0) is 24.0. The number of rotatable bonds is 9. The van der Waals surface area contributed by atoms with E-state index in [4.69, 9.17) is 15.1 Å². The molecule has 1 saturated carbocycles. The third kappa shape index (κ3) is 5.56. The fraction of sp³-hybridized carbons (Fsp3) is 0.615. The van der Waals surface area contributed by atoms with Gasteiger partial charge in [-0.2, -0.15) is 10.1 Å². The van der Waals surface area contributed by atoms with Crippen LogP contribution in [-0.2, 0) is 6.54 Å². The molecule has 3 aromatic heterocycles. The Morgan fingerprint density at radius 2 is 1.86 bits per heavy atom. The van der Waals surface area contributed by atoms with E-state index >= 15 is 0 Å². The normalized spacial score (nSPS) is 20.9. The minimum Gasteiger partial charge on any atom is -0.396 e. The Kier molecular flexibility index (Phi) is 7.73. The summed E-state index contributed by atoms with van der Waals surface area (Å²) in [7, 11) is 0. The van der Waals surface area contributed by atoms with Gasteiger partial charge in [-0.05, 0) is 56.1 Å². The number of anilines is 2. The lowest BCUT2D eigenvalue weighted by Crippen LogP contribution is -2.43. The van der Waals surface area contributed by atoms with Gasteiger partial charge in [0, 0.05) is 63.8 Å². The number of nitrogens with zero attached hydrogens (tertiary/aromatic N) is 6. The Bertz CT molecular complexity index is 1080. The largest absolute Gasteiger partial charge is 0.396 e. The second kappa shape index (κ2) is 11.3. The van der Waals surface area contributed by atoms with Crippen LogP contribution in [0.25, 0.3) is 22.3 Å². The molecule has 4 heterocycles. The van der Waals surface area contributed by atoms with Gasteiger partial charge in [-0.15, -0.1) is 0 Å². The number of hydrogen-bond acceptors (Lipinski definition) is 8. The molecule has 188 valence electrons. The molecule has 0 bridgehead atoms. The van der Waals surface area contributed by atoms with Crippen molar-refractivity contribution >= 4 is 22.8 Å². The molecule has 0 radical (unpaired) electrons. The monoisotopic (exact) mass is 478 g/mol. The summed E-state index contributed by atoms with van der Waals surface area (Å²) in [6.07, 6.45) is 10.5. The Labute approximate surface area is 207 Å². The summed E-state index contributed by atoms with van der Waals surface area (Å²) < 4.78 is 2.07. The second-order valence-corrected chi connectivity index (χ2v) is 9.95. The van der Waals surface area contributed by atoms with Gasteiger partial charge in [0.1, 0.15) is 11.5 Å². The Balaban J connectivity index is 1.42. The highest BCUT2D eigenvalue weighted by molar-refractivity contribution is 5.91.